The molecule has 4 aromatic rings. The first-order valence-electron chi connectivity index (χ1n) is 10.7. The van der Waals surface area contributed by atoms with Crippen molar-refractivity contribution in [3.05, 3.63) is 76.4 Å². The van der Waals surface area contributed by atoms with Crippen LogP contribution in [0.15, 0.2) is 42.6 Å². The number of carbonyl (C=O) groups is 1. The van der Waals surface area contributed by atoms with Gasteiger partial charge in [-0.2, -0.15) is 10.2 Å². The van der Waals surface area contributed by atoms with Crippen molar-refractivity contribution in [1.29, 1.82) is 0 Å². The number of fused-ring (bicyclic) bond motifs is 2. The molecular formula is C24H26N6O. The van der Waals surface area contributed by atoms with Crippen LogP contribution in [-0.2, 0) is 20.0 Å². The number of pyridine rings is 1. The van der Waals surface area contributed by atoms with Gasteiger partial charge in [0, 0.05) is 24.0 Å². The lowest BCUT2D eigenvalue weighted by atomic mass is 9.92. The number of amides is 1. The molecule has 1 atom stereocenters. The highest BCUT2D eigenvalue weighted by Crippen LogP contribution is 2.31. The fourth-order valence-corrected chi connectivity index (χ4v) is 4.65. The quantitative estimate of drug-likeness (QED) is 0.553. The minimum absolute atomic E-state index is 0.0405. The van der Waals surface area contributed by atoms with E-state index < -0.39 is 0 Å². The van der Waals surface area contributed by atoms with E-state index in [4.69, 9.17) is 0 Å². The second-order valence-corrected chi connectivity index (χ2v) is 8.33. The van der Waals surface area contributed by atoms with Gasteiger partial charge in [-0.15, -0.1) is 0 Å². The Labute approximate surface area is 181 Å². The summed E-state index contributed by atoms with van der Waals surface area (Å²) in [5.74, 6) is -0.0831. The van der Waals surface area contributed by atoms with Crippen molar-refractivity contribution in [3.8, 4) is 0 Å². The van der Waals surface area contributed by atoms with Gasteiger partial charge in [0.25, 0.3) is 5.91 Å². The van der Waals surface area contributed by atoms with E-state index in [9.17, 15) is 4.79 Å². The molecule has 0 saturated carbocycles. The Morgan fingerprint density at radius 2 is 2.03 bits per heavy atom. The van der Waals surface area contributed by atoms with Gasteiger partial charge in [-0.25, -0.2) is 4.98 Å². The van der Waals surface area contributed by atoms with E-state index in [-0.39, 0.29) is 11.9 Å². The summed E-state index contributed by atoms with van der Waals surface area (Å²) in [6.45, 7) is 4.57. The fourth-order valence-electron chi connectivity index (χ4n) is 4.65. The Morgan fingerprint density at radius 1 is 1.23 bits per heavy atom. The average molecular weight is 415 g/mol. The largest absolute Gasteiger partial charge is 0.345 e. The van der Waals surface area contributed by atoms with Gasteiger partial charge in [-0.3, -0.25) is 14.2 Å². The van der Waals surface area contributed by atoms with Crippen LogP contribution < -0.4 is 5.32 Å². The summed E-state index contributed by atoms with van der Waals surface area (Å²) >= 11 is 0. The minimum atomic E-state index is -0.0831. The number of carbonyl (C=O) groups excluding carboxylic acids is 1. The van der Waals surface area contributed by atoms with Crippen LogP contribution in [0.3, 0.4) is 0 Å². The van der Waals surface area contributed by atoms with E-state index in [0.717, 1.165) is 53.8 Å². The number of rotatable bonds is 4. The Morgan fingerprint density at radius 3 is 2.84 bits per heavy atom. The minimum Gasteiger partial charge on any atom is -0.345 e. The van der Waals surface area contributed by atoms with Crippen molar-refractivity contribution in [2.45, 2.75) is 45.7 Å². The molecule has 5 rings (SSSR count). The summed E-state index contributed by atoms with van der Waals surface area (Å²) in [5, 5.41) is 13.2. The standard InChI is InChI=1S/C24H26N6O/c1-15-12-18(22-16(2)28-29(3)23(22)26-15)24(31)27-20-10-7-11-21-19(20)13-25-30(21)14-17-8-5-4-6-9-17/h4-6,8-9,12-13,20H,7,10-11,14H2,1-3H3,(H,27,31). The van der Waals surface area contributed by atoms with Gasteiger partial charge in [0.1, 0.15) is 0 Å². The normalized spacial score (nSPS) is 15.8. The van der Waals surface area contributed by atoms with Gasteiger partial charge in [-0.05, 0) is 44.7 Å². The van der Waals surface area contributed by atoms with Gasteiger partial charge in [0.05, 0.1) is 35.4 Å². The second kappa shape index (κ2) is 7.65. The summed E-state index contributed by atoms with van der Waals surface area (Å²) in [7, 11) is 1.86. The molecule has 1 aliphatic carbocycles. The maximum atomic E-state index is 13.3. The summed E-state index contributed by atoms with van der Waals surface area (Å²) in [6, 6.07) is 12.2. The second-order valence-electron chi connectivity index (χ2n) is 8.33. The van der Waals surface area contributed by atoms with E-state index in [0.29, 0.717) is 5.56 Å². The molecule has 0 radical (unpaired) electrons. The third-order valence-corrected chi connectivity index (χ3v) is 6.08. The molecule has 3 heterocycles. The number of nitrogens with zero attached hydrogens (tertiary/aromatic N) is 5. The molecular weight excluding hydrogens is 388 g/mol. The zero-order chi connectivity index (χ0) is 21.5. The van der Waals surface area contributed by atoms with Crippen molar-refractivity contribution in [2.75, 3.05) is 0 Å². The van der Waals surface area contributed by atoms with Crippen molar-refractivity contribution in [3.63, 3.8) is 0 Å². The van der Waals surface area contributed by atoms with Gasteiger partial charge in [-0.1, -0.05) is 30.3 Å². The fraction of sp³-hybridized carbons (Fsp3) is 0.333. The molecule has 0 aliphatic heterocycles. The predicted octanol–water partition coefficient (Wildman–Crippen LogP) is 3.64. The molecule has 31 heavy (non-hydrogen) atoms. The maximum absolute atomic E-state index is 13.3. The predicted molar refractivity (Wildman–Crippen MR) is 119 cm³/mol. The van der Waals surface area contributed by atoms with Gasteiger partial charge < -0.3 is 5.32 Å². The van der Waals surface area contributed by atoms with E-state index in [1.54, 1.807) is 4.68 Å². The van der Waals surface area contributed by atoms with Crippen molar-refractivity contribution in [2.24, 2.45) is 7.05 Å². The molecule has 1 aromatic carbocycles. The van der Waals surface area contributed by atoms with Crippen LogP contribution in [-0.4, -0.2) is 30.5 Å². The van der Waals surface area contributed by atoms with Crippen molar-refractivity contribution >= 4 is 16.9 Å². The summed E-state index contributed by atoms with van der Waals surface area (Å²) < 4.78 is 3.81. The van der Waals surface area contributed by atoms with Gasteiger partial charge in [0.2, 0.25) is 0 Å². The molecule has 7 heteroatoms. The Hall–Kier alpha value is -3.48. The third-order valence-electron chi connectivity index (χ3n) is 6.08. The highest BCUT2D eigenvalue weighted by molar-refractivity contribution is 6.06. The van der Waals surface area contributed by atoms with Gasteiger partial charge in [0.15, 0.2) is 5.65 Å². The first-order chi connectivity index (χ1) is 15.0. The SMILES string of the molecule is Cc1cc(C(=O)NC2CCCc3c2cnn3Cc2ccccc2)c2c(C)nn(C)c2n1. The Bertz CT molecular complexity index is 1270. The van der Waals surface area contributed by atoms with Crippen LogP contribution >= 0.6 is 0 Å². The van der Waals surface area contributed by atoms with Crippen LogP contribution in [0.2, 0.25) is 0 Å². The summed E-state index contributed by atoms with van der Waals surface area (Å²) in [4.78, 5) is 17.9. The molecule has 0 saturated heterocycles. The number of aryl methyl sites for hydroxylation is 3. The molecule has 158 valence electrons. The number of hydrogen-bond donors (Lipinski definition) is 1. The molecule has 1 N–H and O–H groups in total. The highest BCUT2D eigenvalue weighted by atomic mass is 16.1. The number of nitrogens with one attached hydrogen (secondary N) is 1. The maximum Gasteiger partial charge on any atom is 0.252 e. The van der Waals surface area contributed by atoms with E-state index in [2.05, 4.69) is 37.3 Å². The van der Waals surface area contributed by atoms with Crippen LogP contribution in [0, 0.1) is 13.8 Å². The Kier molecular flexibility index (Phi) is 4.81. The molecule has 1 amide bonds. The monoisotopic (exact) mass is 414 g/mol. The first kappa shape index (κ1) is 19.5. The van der Waals surface area contributed by atoms with Crippen LogP contribution in [0.4, 0.5) is 0 Å². The summed E-state index contributed by atoms with van der Waals surface area (Å²) in [6.07, 6.45) is 4.84. The smallest absolute Gasteiger partial charge is 0.252 e. The molecule has 0 spiro atoms. The Balaban J connectivity index is 1.44. The number of hydrogen-bond acceptors (Lipinski definition) is 4. The van der Waals surface area contributed by atoms with E-state index in [1.165, 1.54) is 11.3 Å². The zero-order valence-electron chi connectivity index (χ0n) is 18.1. The molecule has 0 fully saturated rings. The highest BCUT2D eigenvalue weighted by Gasteiger charge is 2.27. The average Bonchev–Trinajstić information content (AvgIpc) is 3.29. The topological polar surface area (TPSA) is 77.6 Å². The van der Waals surface area contributed by atoms with E-state index in [1.807, 2.05) is 51.4 Å². The lowest BCUT2D eigenvalue weighted by molar-refractivity contribution is 0.0934. The van der Waals surface area contributed by atoms with Crippen LogP contribution in [0.5, 0.6) is 0 Å². The molecule has 3 aromatic heterocycles. The number of aromatic nitrogens is 5. The lowest BCUT2D eigenvalue weighted by Crippen LogP contribution is -2.31. The lowest BCUT2D eigenvalue weighted by Gasteiger charge is -2.24. The third kappa shape index (κ3) is 3.50. The van der Waals surface area contributed by atoms with Gasteiger partial charge >= 0.3 is 0 Å². The van der Waals surface area contributed by atoms with Crippen molar-refractivity contribution < 1.29 is 4.79 Å². The molecule has 7 nitrogen and oxygen atoms in total. The molecule has 1 unspecified atom stereocenters. The molecule has 1 aliphatic rings. The van der Waals surface area contributed by atoms with Crippen LogP contribution in [0.25, 0.3) is 11.0 Å². The zero-order valence-corrected chi connectivity index (χ0v) is 18.1. The van der Waals surface area contributed by atoms with E-state index >= 15 is 0 Å². The van der Waals surface area contributed by atoms with Crippen LogP contribution in [0.1, 0.15) is 57.5 Å². The molecule has 0 bridgehead atoms. The number of benzene rings is 1. The summed E-state index contributed by atoms with van der Waals surface area (Å²) in [5.41, 5.74) is 6.56. The first-order valence-corrected chi connectivity index (χ1v) is 10.7. The van der Waals surface area contributed by atoms with Crippen molar-refractivity contribution in [1.82, 2.24) is 29.9 Å².